The van der Waals surface area contributed by atoms with Crippen LogP contribution in [0.25, 0.3) is 0 Å². The number of rotatable bonds is 4. The Labute approximate surface area is 158 Å². The van der Waals surface area contributed by atoms with Gasteiger partial charge in [0.15, 0.2) is 15.0 Å². The zero-order chi connectivity index (χ0) is 19.1. The summed E-state index contributed by atoms with van der Waals surface area (Å²) in [7, 11) is -1.51. The van der Waals surface area contributed by atoms with Gasteiger partial charge in [0.05, 0.1) is 30.3 Å². The molecule has 0 unspecified atom stereocenters. The Balaban J connectivity index is 2.05. The number of hydrogen-bond acceptors (Lipinski definition) is 5. The first kappa shape index (κ1) is 19.2. The lowest BCUT2D eigenvalue weighted by Gasteiger charge is -2.26. The van der Waals surface area contributed by atoms with E-state index in [4.69, 9.17) is 4.74 Å². The van der Waals surface area contributed by atoms with E-state index >= 15 is 0 Å². The van der Waals surface area contributed by atoms with Crippen LogP contribution in [0.1, 0.15) is 25.8 Å². The van der Waals surface area contributed by atoms with Crippen LogP contribution < -0.4 is 9.64 Å². The van der Waals surface area contributed by atoms with Crippen molar-refractivity contribution in [2.45, 2.75) is 38.5 Å². The number of thioether (sulfide) groups is 1. The summed E-state index contributed by atoms with van der Waals surface area (Å²) in [6.45, 7) is 5.92. The average Bonchev–Trinajstić information content (AvgIpc) is 2.97. The predicted molar refractivity (Wildman–Crippen MR) is 106 cm³/mol. The lowest BCUT2D eigenvalue weighted by atomic mass is 10.1. The van der Waals surface area contributed by atoms with Gasteiger partial charge in [-0.05, 0) is 30.5 Å². The highest BCUT2D eigenvalue weighted by atomic mass is 32.2. The van der Waals surface area contributed by atoms with E-state index < -0.39 is 9.84 Å². The van der Waals surface area contributed by atoms with E-state index in [1.54, 1.807) is 7.11 Å². The van der Waals surface area contributed by atoms with Gasteiger partial charge in [-0.25, -0.2) is 8.42 Å². The van der Waals surface area contributed by atoms with Crippen LogP contribution in [0.3, 0.4) is 0 Å². The minimum absolute atomic E-state index is 0.0686. The Hall–Kier alpha value is -1.54. The summed E-state index contributed by atoms with van der Waals surface area (Å²) in [4.78, 5) is 18.5. The van der Waals surface area contributed by atoms with Gasteiger partial charge in [0.2, 0.25) is 5.91 Å². The molecule has 2 aliphatic rings. The molecule has 2 saturated heterocycles. The third kappa shape index (κ3) is 3.91. The molecule has 1 aromatic carbocycles. The van der Waals surface area contributed by atoms with Gasteiger partial charge in [0.1, 0.15) is 5.75 Å². The number of aliphatic imine (C=N–C) groups is 1. The smallest absolute Gasteiger partial charge is 0.248 e. The molecule has 8 heteroatoms. The first-order valence-electron chi connectivity index (χ1n) is 8.62. The maximum atomic E-state index is 12.3. The van der Waals surface area contributed by atoms with Crippen LogP contribution in [0.4, 0.5) is 5.69 Å². The van der Waals surface area contributed by atoms with Gasteiger partial charge in [-0.3, -0.25) is 4.79 Å². The highest BCUT2D eigenvalue weighted by Gasteiger charge is 2.50. The number of carbonyl (C=O) groups is 1. The number of amidine groups is 1. The zero-order valence-corrected chi connectivity index (χ0v) is 17.1. The van der Waals surface area contributed by atoms with Crippen molar-refractivity contribution in [3.63, 3.8) is 0 Å². The SMILES string of the molecule is COc1ccc(C)cc1N1C(=NC(=O)CC(C)C)S[C@H]2CS(=O)(=O)C[C@H]21. The van der Waals surface area contributed by atoms with Crippen molar-refractivity contribution < 1.29 is 17.9 Å². The number of hydrogen-bond donors (Lipinski definition) is 0. The number of sulfone groups is 1. The topological polar surface area (TPSA) is 76.0 Å². The van der Waals surface area contributed by atoms with E-state index in [1.807, 2.05) is 43.9 Å². The molecule has 0 aliphatic carbocycles. The van der Waals surface area contributed by atoms with Gasteiger partial charge in [-0.15, -0.1) is 0 Å². The van der Waals surface area contributed by atoms with Crippen LogP contribution in [0.2, 0.25) is 0 Å². The number of nitrogens with zero attached hydrogens (tertiary/aromatic N) is 2. The molecule has 2 atom stereocenters. The Morgan fingerprint density at radius 1 is 1.38 bits per heavy atom. The fourth-order valence-electron chi connectivity index (χ4n) is 3.34. The van der Waals surface area contributed by atoms with Crippen LogP contribution in [-0.4, -0.2) is 49.4 Å². The maximum Gasteiger partial charge on any atom is 0.248 e. The molecular weight excluding hydrogens is 372 g/mol. The Kier molecular flexibility index (Phi) is 5.35. The maximum absolute atomic E-state index is 12.3. The van der Waals surface area contributed by atoms with Crippen LogP contribution >= 0.6 is 11.8 Å². The molecule has 0 spiro atoms. The Bertz CT molecular complexity index is 849. The molecule has 1 amide bonds. The monoisotopic (exact) mass is 396 g/mol. The summed E-state index contributed by atoms with van der Waals surface area (Å²) in [6, 6.07) is 5.52. The fraction of sp³-hybridized carbons (Fsp3) is 0.556. The molecule has 0 bridgehead atoms. The molecule has 0 saturated carbocycles. The zero-order valence-electron chi connectivity index (χ0n) is 15.4. The predicted octanol–water partition coefficient (Wildman–Crippen LogP) is 2.65. The normalized spacial score (nSPS) is 25.7. The van der Waals surface area contributed by atoms with Crippen molar-refractivity contribution in [1.29, 1.82) is 0 Å². The van der Waals surface area contributed by atoms with Gasteiger partial charge in [0.25, 0.3) is 0 Å². The molecule has 1 aromatic rings. The van der Waals surface area contributed by atoms with Gasteiger partial charge in [-0.2, -0.15) is 4.99 Å². The van der Waals surface area contributed by atoms with Crippen LogP contribution in [0.15, 0.2) is 23.2 Å². The molecule has 0 N–H and O–H groups in total. The van der Waals surface area contributed by atoms with Gasteiger partial charge >= 0.3 is 0 Å². The molecule has 0 radical (unpaired) electrons. The average molecular weight is 397 g/mol. The molecular formula is C18H24N2O4S2. The quantitative estimate of drug-likeness (QED) is 0.779. The summed E-state index contributed by atoms with van der Waals surface area (Å²) >= 11 is 1.39. The van der Waals surface area contributed by atoms with E-state index in [0.29, 0.717) is 17.3 Å². The summed E-state index contributed by atoms with van der Waals surface area (Å²) in [5, 5.41) is 0.459. The minimum atomic E-state index is -3.09. The highest BCUT2D eigenvalue weighted by Crippen LogP contribution is 2.44. The Morgan fingerprint density at radius 3 is 2.77 bits per heavy atom. The molecule has 0 aromatic heterocycles. The number of methoxy groups -OCH3 is 1. The molecule has 2 fully saturated rings. The second-order valence-corrected chi connectivity index (χ2v) is 10.6. The minimum Gasteiger partial charge on any atom is -0.495 e. The molecule has 142 valence electrons. The third-order valence-electron chi connectivity index (χ3n) is 4.46. The van der Waals surface area contributed by atoms with Gasteiger partial charge in [0, 0.05) is 11.7 Å². The number of benzene rings is 1. The van der Waals surface area contributed by atoms with Gasteiger partial charge in [-0.1, -0.05) is 31.7 Å². The molecule has 2 heterocycles. The van der Waals surface area contributed by atoms with Crippen molar-refractivity contribution in [3.05, 3.63) is 23.8 Å². The summed E-state index contributed by atoms with van der Waals surface area (Å²) in [5.41, 5.74) is 1.80. The summed E-state index contributed by atoms with van der Waals surface area (Å²) in [6.07, 6.45) is 0.372. The summed E-state index contributed by atoms with van der Waals surface area (Å²) in [5.74, 6) is 0.871. The van der Waals surface area contributed by atoms with Crippen LogP contribution in [0, 0.1) is 12.8 Å². The highest BCUT2D eigenvalue weighted by molar-refractivity contribution is 8.16. The number of amides is 1. The Morgan fingerprint density at radius 2 is 2.12 bits per heavy atom. The number of anilines is 1. The van der Waals surface area contributed by atoms with Crippen molar-refractivity contribution in [1.82, 2.24) is 0 Å². The second-order valence-electron chi connectivity index (χ2n) is 7.23. The summed E-state index contributed by atoms with van der Waals surface area (Å²) < 4.78 is 29.8. The van der Waals surface area contributed by atoms with E-state index in [-0.39, 0.29) is 34.6 Å². The van der Waals surface area contributed by atoms with Crippen molar-refractivity contribution in [2.24, 2.45) is 10.9 Å². The van der Waals surface area contributed by atoms with E-state index in [2.05, 4.69) is 4.99 Å². The van der Waals surface area contributed by atoms with E-state index in [1.165, 1.54) is 11.8 Å². The first-order valence-corrected chi connectivity index (χ1v) is 11.3. The van der Waals surface area contributed by atoms with Crippen molar-refractivity contribution in [3.8, 4) is 5.75 Å². The van der Waals surface area contributed by atoms with E-state index in [9.17, 15) is 13.2 Å². The van der Waals surface area contributed by atoms with Crippen molar-refractivity contribution in [2.75, 3.05) is 23.5 Å². The third-order valence-corrected chi connectivity index (χ3v) is 7.67. The van der Waals surface area contributed by atoms with Gasteiger partial charge < -0.3 is 9.64 Å². The van der Waals surface area contributed by atoms with E-state index in [0.717, 1.165) is 11.3 Å². The number of ether oxygens (including phenoxy) is 1. The second kappa shape index (κ2) is 7.23. The lowest BCUT2D eigenvalue weighted by Crippen LogP contribution is -2.38. The molecule has 2 aliphatic heterocycles. The largest absolute Gasteiger partial charge is 0.495 e. The number of aryl methyl sites for hydroxylation is 1. The lowest BCUT2D eigenvalue weighted by molar-refractivity contribution is -0.118. The molecule has 3 rings (SSSR count). The first-order chi connectivity index (χ1) is 12.2. The number of fused-ring (bicyclic) bond motifs is 1. The van der Waals surface area contributed by atoms with Crippen molar-refractivity contribution >= 4 is 38.4 Å². The number of carbonyl (C=O) groups excluding carboxylic acids is 1. The standard InChI is InChI=1S/C18H24N2O4S2/c1-11(2)7-17(21)19-18-20(13-8-12(3)5-6-15(13)24-4)14-9-26(22,23)10-16(14)25-18/h5-6,8,11,14,16H,7,9-10H2,1-4H3/t14-,16+/m1/s1. The van der Waals surface area contributed by atoms with Crippen LogP contribution in [-0.2, 0) is 14.6 Å². The van der Waals surface area contributed by atoms with Crippen LogP contribution in [0.5, 0.6) is 5.75 Å². The molecule has 26 heavy (non-hydrogen) atoms. The fourth-order valence-corrected chi connectivity index (χ4v) is 7.26. The molecule has 6 nitrogen and oxygen atoms in total.